The maximum atomic E-state index is 13.5. The molecule has 2 aliphatic rings. The van der Waals surface area contributed by atoms with Crippen molar-refractivity contribution >= 4 is 23.4 Å². The van der Waals surface area contributed by atoms with Gasteiger partial charge < -0.3 is 19.7 Å². The van der Waals surface area contributed by atoms with Crippen LogP contribution in [0.5, 0.6) is 5.75 Å². The first-order valence-corrected chi connectivity index (χ1v) is 13.4. The molecular formula is C28H32ClN5O4. The number of para-hydroxylation sites is 1. The van der Waals surface area contributed by atoms with Crippen LogP contribution < -0.4 is 10.1 Å². The van der Waals surface area contributed by atoms with Crippen molar-refractivity contribution in [3.05, 3.63) is 71.3 Å². The van der Waals surface area contributed by atoms with Gasteiger partial charge in [-0.3, -0.25) is 14.2 Å². The van der Waals surface area contributed by atoms with Crippen molar-refractivity contribution in [2.24, 2.45) is 5.41 Å². The summed E-state index contributed by atoms with van der Waals surface area (Å²) >= 11 is 6.45. The zero-order chi connectivity index (χ0) is 26.4. The lowest BCUT2D eigenvalue weighted by Gasteiger charge is -2.42. The molecule has 1 N–H and O–H groups in total. The number of fused-ring (bicyclic) bond motifs is 1. The number of nitrogens with one attached hydrogen (secondary N) is 1. The molecule has 0 unspecified atom stereocenters. The number of ether oxygens (including phenoxy) is 2. The molecule has 1 aromatic heterocycles. The highest BCUT2D eigenvalue weighted by Gasteiger charge is 2.37. The van der Waals surface area contributed by atoms with Crippen LogP contribution in [0.3, 0.4) is 0 Å². The van der Waals surface area contributed by atoms with Crippen molar-refractivity contribution in [2.45, 2.75) is 32.1 Å². The molecule has 5 rings (SSSR count). The molecule has 2 amide bonds. The molecule has 38 heavy (non-hydrogen) atoms. The molecule has 9 nitrogen and oxygen atoms in total. The van der Waals surface area contributed by atoms with Gasteiger partial charge in [-0.05, 0) is 56.0 Å². The number of rotatable bonds is 2. The number of benzene rings is 2. The SMILES string of the molecule is O=C1NCCOCCCCC2(CCN(C(=O)c3cc(-n4cnnc4)ccc3Cl)CC2)COc2ccccc21. The van der Waals surface area contributed by atoms with E-state index in [1.807, 2.05) is 29.2 Å². The summed E-state index contributed by atoms with van der Waals surface area (Å²) in [6.45, 7) is 3.31. The number of amides is 2. The number of aromatic nitrogens is 3. The third-order valence-corrected chi connectivity index (χ3v) is 7.78. The Hall–Kier alpha value is -3.43. The second-order valence-corrected chi connectivity index (χ2v) is 10.3. The Bertz CT molecular complexity index is 1260. The van der Waals surface area contributed by atoms with Gasteiger partial charge in [0.15, 0.2) is 0 Å². The molecular weight excluding hydrogens is 506 g/mol. The molecule has 2 aromatic carbocycles. The largest absolute Gasteiger partial charge is 0.492 e. The third-order valence-electron chi connectivity index (χ3n) is 7.45. The van der Waals surface area contributed by atoms with E-state index in [9.17, 15) is 9.59 Å². The van der Waals surface area contributed by atoms with E-state index in [1.165, 1.54) is 0 Å². The molecule has 10 heteroatoms. The van der Waals surface area contributed by atoms with Crippen LogP contribution in [0.4, 0.5) is 0 Å². The van der Waals surface area contributed by atoms with E-state index in [0.717, 1.165) is 37.8 Å². The van der Waals surface area contributed by atoms with Crippen LogP contribution >= 0.6 is 11.6 Å². The smallest absolute Gasteiger partial charge is 0.255 e. The molecule has 0 bridgehead atoms. The van der Waals surface area contributed by atoms with Gasteiger partial charge in [0.05, 0.1) is 29.4 Å². The monoisotopic (exact) mass is 537 g/mol. The molecule has 3 heterocycles. The summed E-state index contributed by atoms with van der Waals surface area (Å²) in [6.07, 6.45) is 7.70. The average molecular weight is 538 g/mol. The summed E-state index contributed by atoms with van der Waals surface area (Å²) in [5.41, 5.74) is 1.67. The second kappa shape index (κ2) is 12.0. The Morgan fingerprint density at radius 2 is 1.79 bits per heavy atom. The fourth-order valence-electron chi connectivity index (χ4n) is 5.14. The number of carbonyl (C=O) groups excluding carboxylic acids is 2. The number of piperidine rings is 1. The number of hydrogen-bond acceptors (Lipinski definition) is 6. The minimum absolute atomic E-state index is 0.0861. The predicted octanol–water partition coefficient (Wildman–Crippen LogP) is 4.15. The van der Waals surface area contributed by atoms with Gasteiger partial charge in [0.1, 0.15) is 18.4 Å². The molecule has 200 valence electrons. The zero-order valence-electron chi connectivity index (χ0n) is 21.3. The first kappa shape index (κ1) is 26.2. The summed E-state index contributed by atoms with van der Waals surface area (Å²) < 4.78 is 13.8. The van der Waals surface area contributed by atoms with Crippen molar-refractivity contribution in [3.63, 3.8) is 0 Å². The van der Waals surface area contributed by atoms with E-state index in [2.05, 4.69) is 15.5 Å². The van der Waals surface area contributed by atoms with Crippen molar-refractivity contribution in [2.75, 3.05) is 39.5 Å². The fourth-order valence-corrected chi connectivity index (χ4v) is 5.34. The number of carbonyl (C=O) groups is 2. The van der Waals surface area contributed by atoms with Gasteiger partial charge in [-0.2, -0.15) is 0 Å². The van der Waals surface area contributed by atoms with Crippen LogP contribution in [-0.2, 0) is 4.74 Å². The molecule has 0 saturated carbocycles. The number of likely N-dealkylation sites (tertiary alicyclic amines) is 1. The van der Waals surface area contributed by atoms with E-state index < -0.39 is 0 Å². The lowest BCUT2D eigenvalue weighted by molar-refractivity contribution is 0.0341. The Labute approximate surface area is 227 Å². The van der Waals surface area contributed by atoms with Crippen LogP contribution in [0.1, 0.15) is 52.8 Å². The summed E-state index contributed by atoms with van der Waals surface area (Å²) in [6, 6.07) is 12.7. The van der Waals surface area contributed by atoms with E-state index in [1.54, 1.807) is 35.4 Å². The lowest BCUT2D eigenvalue weighted by atomic mass is 9.75. The molecule has 0 atom stereocenters. The first-order chi connectivity index (χ1) is 18.5. The highest BCUT2D eigenvalue weighted by atomic mass is 35.5. The van der Waals surface area contributed by atoms with Crippen LogP contribution in [-0.4, -0.2) is 70.9 Å². The normalized spacial score (nSPS) is 18.7. The van der Waals surface area contributed by atoms with Gasteiger partial charge in [-0.25, -0.2) is 0 Å². The van der Waals surface area contributed by atoms with Crippen LogP contribution in [0.25, 0.3) is 5.69 Å². The standard InChI is InChI=1S/C28H32ClN5O4/c29-24-8-7-21(34-19-31-32-20-34)17-23(24)27(36)33-13-10-28(11-14-33)9-3-4-15-37-16-12-30-26(35)22-5-1-2-6-25(22)38-18-28/h1-2,5-8,17,19-20H,3-4,9-16,18H2,(H,30,35). The molecule has 2 aliphatic heterocycles. The maximum Gasteiger partial charge on any atom is 0.255 e. The van der Waals surface area contributed by atoms with Crippen LogP contribution in [0.15, 0.2) is 55.1 Å². The first-order valence-electron chi connectivity index (χ1n) is 13.1. The fraction of sp³-hybridized carbons (Fsp3) is 0.429. The van der Waals surface area contributed by atoms with Gasteiger partial charge in [0, 0.05) is 37.3 Å². The van der Waals surface area contributed by atoms with Crippen molar-refractivity contribution < 1.29 is 19.1 Å². The number of hydrogen-bond donors (Lipinski definition) is 1. The Morgan fingerprint density at radius 1 is 1.00 bits per heavy atom. The highest BCUT2D eigenvalue weighted by Crippen LogP contribution is 2.38. The van der Waals surface area contributed by atoms with Gasteiger partial charge in [0.2, 0.25) is 0 Å². The summed E-state index contributed by atoms with van der Waals surface area (Å²) in [7, 11) is 0. The van der Waals surface area contributed by atoms with Crippen molar-refractivity contribution in [1.82, 2.24) is 25.0 Å². The van der Waals surface area contributed by atoms with Crippen LogP contribution in [0.2, 0.25) is 5.02 Å². The average Bonchev–Trinajstić information content (AvgIpc) is 3.49. The minimum Gasteiger partial charge on any atom is -0.492 e. The number of halogens is 1. The molecule has 3 aromatic rings. The summed E-state index contributed by atoms with van der Waals surface area (Å²) in [4.78, 5) is 28.1. The van der Waals surface area contributed by atoms with Gasteiger partial charge >= 0.3 is 0 Å². The highest BCUT2D eigenvalue weighted by molar-refractivity contribution is 6.33. The lowest BCUT2D eigenvalue weighted by Crippen LogP contribution is -2.45. The van der Waals surface area contributed by atoms with Gasteiger partial charge in [-0.1, -0.05) is 30.2 Å². The van der Waals surface area contributed by atoms with Crippen molar-refractivity contribution in [1.29, 1.82) is 0 Å². The summed E-state index contributed by atoms with van der Waals surface area (Å²) in [5.74, 6) is 0.330. The van der Waals surface area contributed by atoms with Crippen molar-refractivity contribution in [3.8, 4) is 11.4 Å². The van der Waals surface area contributed by atoms with E-state index in [4.69, 9.17) is 21.1 Å². The Kier molecular flexibility index (Phi) is 8.24. The van der Waals surface area contributed by atoms with Crippen LogP contribution in [0, 0.1) is 5.41 Å². The molecule has 1 saturated heterocycles. The third kappa shape index (κ3) is 6.00. The Balaban J connectivity index is 1.30. The predicted molar refractivity (Wildman–Crippen MR) is 143 cm³/mol. The van der Waals surface area contributed by atoms with E-state index in [-0.39, 0.29) is 17.2 Å². The minimum atomic E-state index is -0.165. The Morgan fingerprint density at radius 3 is 2.61 bits per heavy atom. The molecule has 1 fully saturated rings. The van der Waals surface area contributed by atoms with E-state index >= 15 is 0 Å². The number of nitrogens with zero attached hydrogens (tertiary/aromatic N) is 4. The van der Waals surface area contributed by atoms with E-state index in [0.29, 0.717) is 61.4 Å². The van der Waals surface area contributed by atoms with Gasteiger partial charge in [0.25, 0.3) is 11.8 Å². The molecule has 1 spiro atoms. The quantitative estimate of drug-likeness (QED) is 0.527. The summed E-state index contributed by atoms with van der Waals surface area (Å²) in [5, 5.41) is 11.0. The maximum absolute atomic E-state index is 13.5. The van der Waals surface area contributed by atoms with Gasteiger partial charge in [-0.15, -0.1) is 10.2 Å². The molecule has 0 aliphatic carbocycles. The second-order valence-electron chi connectivity index (χ2n) is 9.94. The topological polar surface area (TPSA) is 98.6 Å². The molecule has 0 radical (unpaired) electrons. The zero-order valence-corrected chi connectivity index (χ0v) is 22.0.